The molecule has 118 valence electrons. The van der Waals surface area contributed by atoms with Crippen molar-refractivity contribution in [1.82, 2.24) is 0 Å². The minimum absolute atomic E-state index is 0. The molecule has 0 aromatic heterocycles. The highest BCUT2D eigenvalue weighted by molar-refractivity contribution is 14.0. The molecule has 0 saturated heterocycles. The van der Waals surface area contributed by atoms with Crippen LogP contribution in [-0.4, -0.2) is 19.9 Å². The van der Waals surface area contributed by atoms with Gasteiger partial charge in [-0.3, -0.25) is 4.79 Å². The predicted molar refractivity (Wildman–Crippen MR) is 105 cm³/mol. The van der Waals surface area contributed by atoms with Gasteiger partial charge in [-0.15, -0.1) is 24.0 Å². The Hall–Kier alpha value is -2.08. The number of halogens is 1. The average Bonchev–Trinajstić information content (AvgIpc) is 2.56. The zero-order valence-corrected chi connectivity index (χ0v) is 15.4. The fourth-order valence-electron chi connectivity index (χ4n) is 2.50. The summed E-state index contributed by atoms with van der Waals surface area (Å²) in [5.74, 6) is 0.265. The molecule has 23 heavy (non-hydrogen) atoms. The number of benzene rings is 1. The lowest BCUT2D eigenvalue weighted by molar-refractivity contribution is -0.114. The van der Waals surface area contributed by atoms with Gasteiger partial charge in [-0.2, -0.15) is 0 Å². The van der Waals surface area contributed by atoms with Crippen LogP contribution in [0.5, 0.6) is 0 Å². The van der Waals surface area contributed by atoms with Gasteiger partial charge in [0.2, 0.25) is 5.78 Å². The number of ether oxygens (including phenoxy) is 1. The van der Waals surface area contributed by atoms with Crippen molar-refractivity contribution in [2.24, 2.45) is 0 Å². The molecule has 1 aliphatic carbocycles. The Bertz CT molecular complexity index is 769. The van der Waals surface area contributed by atoms with Gasteiger partial charge >= 0.3 is 0 Å². The maximum Gasteiger partial charge on any atom is 0.220 e. The number of hydrogen-bond acceptors (Lipinski definition) is 3. The molecule has 0 amide bonds. The summed E-state index contributed by atoms with van der Waals surface area (Å²) in [6.07, 6.45) is 13.3. The summed E-state index contributed by atoms with van der Waals surface area (Å²) < 4.78 is 5.07. The van der Waals surface area contributed by atoms with E-state index in [9.17, 15) is 4.79 Å². The van der Waals surface area contributed by atoms with Crippen LogP contribution in [0.25, 0.3) is 6.08 Å². The number of para-hydroxylation sites is 1. The molecule has 0 N–H and O–H groups in total. The molecule has 0 fully saturated rings. The highest BCUT2D eigenvalue weighted by atomic mass is 127. The highest BCUT2D eigenvalue weighted by Crippen LogP contribution is 2.29. The Morgan fingerprint density at radius 1 is 1.04 bits per heavy atom. The summed E-state index contributed by atoms with van der Waals surface area (Å²) in [5, 5.41) is 0. The smallest absolute Gasteiger partial charge is 0.220 e. The molecule has 1 heterocycles. The zero-order valence-electron chi connectivity index (χ0n) is 13.0. The summed E-state index contributed by atoms with van der Waals surface area (Å²) in [6.45, 7) is 0. The van der Waals surface area contributed by atoms with E-state index < -0.39 is 0 Å². The topological polar surface area (TPSA) is 29.5 Å². The van der Waals surface area contributed by atoms with Crippen molar-refractivity contribution in [3.63, 3.8) is 0 Å². The van der Waals surface area contributed by atoms with Crippen LogP contribution in [0.15, 0.2) is 77.8 Å². The standard InChI is InChI=1S/C19H17NO2.HI/c1-20-16(11-9-15-5-3-4-6-17(15)20)10-7-14-8-12-18(21)19(13-14)22-2;/h3-13H,1-2H3;1H/b14-7+,16-10+;. The third-order valence-corrected chi connectivity index (χ3v) is 3.75. The average molecular weight is 419 g/mol. The lowest BCUT2D eigenvalue weighted by atomic mass is 10.0. The highest BCUT2D eigenvalue weighted by Gasteiger charge is 2.13. The molecule has 0 spiro atoms. The number of ketones is 1. The number of carbonyl (C=O) groups excluding carboxylic acids is 1. The predicted octanol–water partition coefficient (Wildman–Crippen LogP) is 4.25. The molecule has 1 aromatic carbocycles. The van der Waals surface area contributed by atoms with Gasteiger partial charge in [0.15, 0.2) is 5.76 Å². The van der Waals surface area contributed by atoms with Crippen LogP contribution in [0.1, 0.15) is 5.56 Å². The van der Waals surface area contributed by atoms with Crippen molar-refractivity contribution in [3.8, 4) is 0 Å². The van der Waals surface area contributed by atoms with Crippen molar-refractivity contribution in [3.05, 3.63) is 83.3 Å². The first-order chi connectivity index (χ1) is 10.7. The monoisotopic (exact) mass is 419 g/mol. The molecule has 3 nitrogen and oxygen atoms in total. The van der Waals surface area contributed by atoms with Gasteiger partial charge < -0.3 is 9.64 Å². The molecule has 1 aromatic rings. The van der Waals surface area contributed by atoms with Crippen LogP contribution in [0.3, 0.4) is 0 Å². The van der Waals surface area contributed by atoms with Crippen molar-refractivity contribution in [2.45, 2.75) is 0 Å². The molecule has 0 atom stereocenters. The third kappa shape index (κ3) is 3.64. The first kappa shape index (κ1) is 17.3. The molecule has 0 saturated carbocycles. The molecular weight excluding hydrogens is 401 g/mol. The summed E-state index contributed by atoms with van der Waals surface area (Å²) in [7, 11) is 3.55. The quantitative estimate of drug-likeness (QED) is 0.672. The van der Waals surface area contributed by atoms with Crippen LogP contribution in [0.2, 0.25) is 0 Å². The maximum atomic E-state index is 11.5. The number of carbonyl (C=O) groups is 1. The number of rotatable bonds is 2. The number of likely N-dealkylation sites (N-methyl/N-ethyl adjacent to an activating group) is 1. The Labute approximate surface area is 153 Å². The second-order valence-electron chi connectivity index (χ2n) is 5.12. The van der Waals surface area contributed by atoms with Gasteiger partial charge in [-0.25, -0.2) is 0 Å². The number of methoxy groups -OCH3 is 1. The normalized spacial score (nSPS) is 19.5. The van der Waals surface area contributed by atoms with Crippen LogP contribution >= 0.6 is 24.0 Å². The van der Waals surface area contributed by atoms with E-state index in [4.69, 9.17) is 4.74 Å². The first-order valence-electron chi connectivity index (χ1n) is 7.10. The van der Waals surface area contributed by atoms with E-state index in [1.165, 1.54) is 24.4 Å². The fourth-order valence-corrected chi connectivity index (χ4v) is 2.50. The molecule has 3 rings (SSSR count). The molecule has 0 bridgehead atoms. The van der Waals surface area contributed by atoms with Crippen LogP contribution in [-0.2, 0) is 9.53 Å². The molecule has 0 unspecified atom stereocenters. The summed E-state index contributed by atoms with van der Waals surface area (Å²) >= 11 is 0. The Kier molecular flexibility index (Phi) is 5.60. The lowest BCUT2D eigenvalue weighted by Crippen LogP contribution is -2.18. The van der Waals surface area contributed by atoms with Gasteiger partial charge in [0, 0.05) is 18.4 Å². The first-order valence-corrected chi connectivity index (χ1v) is 7.10. The molecule has 2 aliphatic rings. The Morgan fingerprint density at radius 2 is 1.83 bits per heavy atom. The largest absolute Gasteiger partial charge is 0.493 e. The van der Waals surface area contributed by atoms with Crippen LogP contribution in [0.4, 0.5) is 5.69 Å². The number of nitrogens with zero attached hydrogens (tertiary/aromatic N) is 1. The van der Waals surface area contributed by atoms with E-state index >= 15 is 0 Å². The van der Waals surface area contributed by atoms with E-state index in [-0.39, 0.29) is 29.8 Å². The van der Waals surface area contributed by atoms with Gasteiger partial charge in [0.1, 0.15) is 0 Å². The minimum Gasteiger partial charge on any atom is -0.493 e. The zero-order chi connectivity index (χ0) is 15.5. The second-order valence-corrected chi connectivity index (χ2v) is 5.12. The molecular formula is C19H18INO2. The third-order valence-electron chi connectivity index (χ3n) is 3.75. The van der Waals surface area contributed by atoms with Gasteiger partial charge in [0.25, 0.3) is 0 Å². The number of hydrogen-bond donors (Lipinski definition) is 0. The SMILES string of the molecule is COC1=C/C(=C/C=C2\C=Cc3ccccc3N2C)C=CC1=O.I. The van der Waals surface area contributed by atoms with Crippen LogP contribution in [0, 0.1) is 0 Å². The lowest BCUT2D eigenvalue weighted by Gasteiger charge is -2.26. The summed E-state index contributed by atoms with van der Waals surface area (Å²) in [6, 6.07) is 8.27. The van der Waals surface area contributed by atoms with Crippen LogP contribution < -0.4 is 4.90 Å². The Morgan fingerprint density at radius 3 is 2.61 bits per heavy atom. The number of anilines is 1. The van der Waals surface area contributed by atoms with Crippen molar-refractivity contribution < 1.29 is 9.53 Å². The Balaban J connectivity index is 0.00000192. The van der Waals surface area contributed by atoms with Crippen molar-refractivity contribution in [1.29, 1.82) is 0 Å². The molecule has 0 radical (unpaired) electrons. The molecule has 4 heteroatoms. The minimum atomic E-state index is -0.101. The fraction of sp³-hybridized carbons (Fsp3) is 0.105. The van der Waals surface area contributed by atoms with E-state index in [1.54, 1.807) is 12.2 Å². The molecule has 1 aliphatic heterocycles. The number of allylic oxidation sites excluding steroid dienone is 7. The van der Waals surface area contributed by atoms with E-state index in [2.05, 4.69) is 29.2 Å². The van der Waals surface area contributed by atoms with E-state index in [1.807, 2.05) is 31.3 Å². The number of fused-ring (bicyclic) bond motifs is 1. The van der Waals surface area contributed by atoms with Gasteiger partial charge in [0.05, 0.1) is 7.11 Å². The van der Waals surface area contributed by atoms with Crippen molar-refractivity contribution >= 4 is 41.5 Å². The second kappa shape index (κ2) is 7.46. The summed E-state index contributed by atoms with van der Waals surface area (Å²) in [4.78, 5) is 13.7. The van der Waals surface area contributed by atoms with E-state index in [0.29, 0.717) is 5.76 Å². The maximum absolute atomic E-state index is 11.5. The van der Waals surface area contributed by atoms with Gasteiger partial charge in [-0.1, -0.05) is 36.4 Å². The summed E-state index contributed by atoms with van der Waals surface area (Å²) in [5.41, 5.74) is 4.41. The van der Waals surface area contributed by atoms with Gasteiger partial charge in [-0.05, 0) is 41.5 Å². The van der Waals surface area contributed by atoms with Crippen molar-refractivity contribution in [2.75, 3.05) is 19.1 Å². The van der Waals surface area contributed by atoms with E-state index in [0.717, 1.165) is 11.3 Å².